The summed E-state index contributed by atoms with van der Waals surface area (Å²) in [5, 5.41) is 0.652. The van der Waals surface area contributed by atoms with Crippen molar-refractivity contribution in [2.24, 2.45) is 7.05 Å². The van der Waals surface area contributed by atoms with Crippen molar-refractivity contribution in [3.63, 3.8) is 0 Å². The van der Waals surface area contributed by atoms with Crippen molar-refractivity contribution in [1.29, 1.82) is 0 Å². The largest absolute Gasteiger partial charge is 0.339 e. The minimum absolute atomic E-state index is 0.128. The van der Waals surface area contributed by atoms with E-state index in [1.807, 2.05) is 54.4 Å². The summed E-state index contributed by atoms with van der Waals surface area (Å²) in [5.41, 5.74) is 3.01. The lowest BCUT2D eigenvalue weighted by Gasteiger charge is -2.35. The predicted octanol–water partition coefficient (Wildman–Crippen LogP) is 3.12. The Labute approximate surface area is 157 Å². The highest BCUT2D eigenvalue weighted by Crippen LogP contribution is 2.22. The molecule has 1 aromatic heterocycles. The number of para-hydroxylation sites is 2. The maximum atomic E-state index is 12.6. The fourth-order valence-corrected chi connectivity index (χ4v) is 3.69. The second-order valence-electron chi connectivity index (χ2n) is 6.60. The van der Waals surface area contributed by atoms with Crippen molar-refractivity contribution in [2.45, 2.75) is 6.42 Å². The van der Waals surface area contributed by atoms with Crippen molar-refractivity contribution in [2.75, 3.05) is 31.1 Å². The van der Waals surface area contributed by atoms with Gasteiger partial charge in [0.15, 0.2) is 0 Å². The molecular weight excluding hydrogens is 348 g/mol. The number of imidazole rings is 1. The number of amides is 1. The van der Waals surface area contributed by atoms with Crippen LogP contribution in [0.25, 0.3) is 11.0 Å². The molecule has 1 saturated heterocycles. The maximum Gasteiger partial charge on any atom is 0.227 e. The van der Waals surface area contributed by atoms with Crippen LogP contribution in [0.15, 0.2) is 48.5 Å². The van der Waals surface area contributed by atoms with E-state index in [1.165, 1.54) is 0 Å². The van der Waals surface area contributed by atoms with E-state index in [0.717, 1.165) is 35.6 Å². The van der Waals surface area contributed by atoms with Gasteiger partial charge in [-0.05, 0) is 23.8 Å². The van der Waals surface area contributed by atoms with E-state index in [1.54, 1.807) is 0 Å². The number of aromatic nitrogens is 2. The van der Waals surface area contributed by atoms with Crippen LogP contribution >= 0.6 is 11.6 Å². The van der Waals surface area contributed by atoms with Crippen LogP contribution in [0.4, 0.5) is 5.95 Å². The molecule has 5 nitrogen and oxygen atoms in total. The number of fused-ring (bicyclic) bond motifs is 1. The first-order valence-electron chi connectivity index (χ1n) is 8.81. The van der Waals surface area contributed by atoms with Crippen molar-refractivity contribution in [1.82, 2.24) is 14.5 Å². The Hall–Kier alpha value is -2.53. The van der Waals surface area contributed by atoms with E-state index in [4.69, 9.17) is 16.6 Å². The summed E-state index contributed by atoms with van der Waals surface area (Å²) in [5.74, 6) is 1.09. The van der Waals surface area contributed by atoms with Crippen molar-refractivity contribution in [3.8, 4) is 0 Å². The van der Waals surface area contributed by atoms with Crippen LogP contribution in [-0.2, 0) is 18.3 Å². The standard InChI is InChI=1S/C20H21ClN4O/c1-23-18-9-5-4-8-17(18)22-20(23)25-12-10-24(11-13-25)19(26)14-15-6-2-3-7-16(15)21/h2-9H,10-14H2,1H3. The Morgan fingerprint density at radius 2 is 1.73 bits per heavy atom. The first-order valence-corrected chi connectivity index (χ1v) is 9.19. The third kappa shape index (κ3) is 3.15. The zero-order valence-electron chi connectivity index (χ0n) is 14.7. The fourth-order valence-electron chi connectivity index (χ4n) is 3.49. The van der Waals surface area contributed by atoms with Gasteiger partial charge in [-0.25, -0.2) is 4.98 Å². The van der Waals surface area contributed by atoms with Gasteiger partial charge in [0, 0.05) is 38.2 Å². The topological polar surface area (TPSA) is 41.4 Å². The van der Waals surface area contributed by atoms with Crippen molar-refractivity contribution >= 4 is 34.5 Å². The minimum atomic E-state index is 0.128. The summed E-state index contributed by atoms with van der Waals surface area (Å²) in [7, 11) is 2.04. The van der Waals surface area contributed by atoms with Crippen LogP contribution in [0.5, 0.6) is 0 Å². The number of hydrogen-bond donors (Lipinski definition) is 0. The molecule has 6 heteroatoms. The quantitative estimate of drug-likeness (QED) is 0.713. The molecule has 2 heterocycles. The van der Waals surface area contributed by atoms with E-state index in [2.05, 4.69) is 15.5 Å². The number of hydrogen-bond acceptors (Lipinski definition) is 3. The molecule has 1 amide bonds. The molecular formula is C20H21ClN4O. The Morgan fingerprint density at radius 3 is 2.46 bits per heavy atom. The number of carbonyl (C=O) groups is 1. The third-order valence-corrected chi connectivity index (χ3v) is 5.35. The molecule has 0 aliphatic carbocycles. The number of aryl methyl sites for hydroxylation is 1. The molecule has 3 aromatic rings. The van der Waals surface area contributed by atoms with Gasteiger partial charge in [-0.3, -0.25) is 4.79 Å². The summed E-state index contributed by atoms with van der Waals surface area (Å²) in [4.78, 5) is 21.5. The first-order chi connectivity index (χ1) is 12.6. The van der Waals surface area contributed by atoms with E-state index < -0.39 is 0 Å². The van der Waals surface area contributed by atoms with Gasteiger partial charge in [0.05, 0.1) is 17.5 Å². The molecule has 0 saturated carbocycles. The van der Waals surface area contributed by atoms with E-state index in [9.17, 15) is 4.79 Å². The molecule has 0 atom stereocenters. The van der Waals surface area contributed by atoms with Gasteiger partial charge < -0.3 is 14.4 Å². The van der Waals surface area contributed by atoms with Crippen molar-refractivity contribution < 1.29 is 4.79 Å². The van der Waals surface area contributed by atoms with Crippen LogP contribution in [0.2, 0.25) is 5.02 Å². The molecule has 2 aromatic carbocycles. The van der Waals surface area contributed by atoms with E-state index >= 15 is 0 Å². The molecule has 0 radical (unpaired) electrons. The molecule has 0 N–H and O–H groups in total. The second-order valence-corrected chi connectivity index (χ2v) is 7.00. The predicted molar refractivity (Wildman–Crippen MR) is 105 cm³/mol. The van der Waals surface area contributed by atoms with Gasteiger partial charge in [0.1, 0.15) is 0 Å². The fraction of sp³-hybridized carbons (Fsp3) is 0.300. The van der Waals surface area contributed by atoms with Gasteiger partial charge in [-0.15, -0.1) is 0 Å². The number of rotatable bonds is 3. The second kappa shape index (κ2) is 7.00. The molecule has 134 valence electrons. The summed E-state index contributed by atoms with van der Waals surface area (Å²) in [6, 6.07) is 15.7. The average molecular weight is 369 g/mol. The van der Waals surface area contributed by atoms with Gasteiger partial charge >= 0.3 is 0 Å². The number of anilines is 1. The van der Waals surface area contributed by atoms with Gasteiger partial charge in [-0.2, -0.15) is 0 Å². The summed E-state index contributed by atoms with van der Waals surface area (Å²) in [6.45, 7) is 2.97. The molecule has 1 aliphatic rings. The number of halogens is 1. The number of benzene rings is 2. The highest BCUT2D eigenvalue weighted by atomic mass is 35.5. The smallest absolute Gasteiger partial charge is 0.227 e. The van der Waals surface area contributed by atoms with E-state index in [-0.39, 0.29) is 5.91 Å². The maximum absolute atomic E-state index is 12.6. The SMILES string of the molecule is Cn1c(N2CCN(C(=O)Cc3ccccc3Cl)CC2)nc2ccccc21. The lowest BCUT2D eigenvalue weighted by atomic mass is 10.1. The summed E-state index contributed by atoms with van der Waals surface area (Å²) in [6.07, 6.45) is 0.353. The molecule has 0 unspecified atom stereocenters. The zero-order valence-corrected chi connectivity index (χ0v) is 15.5. The van der Waals surface area contributed by atoms with Crippen LogP contribution in [0, 0.1) is 0 Å². The summed E-state index contributed by atoms with van der Waals surface area (Å²) >= 11 is 6.18. The lowest BCUT2D eigenvalue weighted by molar-refractivity contribution is -0.130. The lowest BCUT2D eigenvalue weighted by Crippen LogP contribution is -2.49. The van der Waals surface area contributed by atoms with Crippen LogP contribution in [-0.4, -0.2) is 46.5 Å². The zero-order chi connectivity index (χ0) is 18.1. The molecule has 4 rings (SSSR count). The Bertz CT molecular complexity index is 944. The third-order valence-electron chi connectivity index (χ3n) is 4.98. The number of carbonyl (C=O) groups excluding carboxylic acids is 1. The van der Waals surface area contributed by atoms with Crippen LogP contribution in [0.1, 0.15) is 5.56 Å². The summed E-state index contributed by atoms with van der Waals surface area (Å²) < 4.78 is 2.12. The van der Waals surface area contributed by atoms with Crippen LogP contribution < -0.4 is 4.90 Å². The average Bonchev–Trinajstić information content (AvgIpc) is 3.01. The normalized spacial score (nSPS) is 14.8. The minimum Gasteiger partial charge on any atom is -0.339 e. The first kappa shape index (κ1) is 16.9. The molecule has 1 aliphatic heterocycles. The highest BCUT2D eigenvalue weighted by Gasteiger charge is 2.24. The Kier molecular flexibility index (Phi) is 4.55. The molecule has 1 fully saturated rings. The van der Waals surface area contributed by atoms with E-state index in [0.29, 0.717) is 24.5 Å². The van der Waals surface area contributed by atoms with Gasteiger partial charge in [-0.1, -0.05) is 41.9 Å². The van der Waals surface area contributed by atoms with Crippen LogP contribution in [0.3, 0.4) is 0 Å². The monoisotopic (exact) mass is 368 g/mol. The van der Waals surface area contributed by atoms with Gasteiger partial charge in [0.25, 0.3) is 0 Å². The highest BCUT2D eigenvalue weighted by molar-refractivity contribution is 6.31. The van der Waals surface area contributed by atoms with Gasteiger partial charge in [0.2, 0.25) is 11.9 Å². The molecule has 0 bridgehead atoms. The molecule has 26 heavy (non-hydrogen) atoms. The Balaban J connectivity index is 1.43. The Morgan fingerprint density at radius 1 is 1.04 bits per heavy atom. The number of nitrogens with zero attached hydrogens (tertiary/aromatic N) is 4. The van der Waals surface area contributed by atoms with Crippen molar-refractivity contribution in [3.05, 3.63) is 59.1 Å². The number of piperazine rings is 1. The molecule has 0 spiro atoms.